The zero-order valence-corrected chi connectivity index (χ0v) is 7.88. The van der Waals surface area contributed by atoms with E-state index in [4.69, 9.17) is 0 Å². The molecule has 9 heteroatoms. The zero-order chi connectivity index (χ0) is 13.2. The summed E-state index contributed by atoms with van der Waals surface area (Å²) in [5.41, 5.74) is -5.39. The van der Waals surface area contributed by atoms with Crippen molar-refractivity contribution in [2.45, 2.75) is 30.9 Å². The number of alkyl halides is 7. The highest BCUT2D eigenvalue weighted by molar-refractivity contribution is 5.69. The Morgan fingerprint density at radius 2 is 1.38 bits per heavy atom. The van der Waals surface area contributed by atoms with E-state index in [0.717, 1.165) is 7.11 Å². The number of methoxy groups -OCH3 is 1. The second kappa shape index (κ2) is 4.46. The lowest BCUT2D eigenvalue weighted by Gasteiger charge is -2.29. The van der Waals surface area contributed by atoms with Gasteiger partial charge in [0.1, 0.15) is 0 Å². The van der Waals surface area contributed by atoms with Crippen molar-refractivity contribution in [2.75, 3.05) is 7.11 Å². The largest absolute Gasteiger partial charge is 0.469 e. The topological polar surface area (TPSA) is 26.3 Å². The summed E-state index contributed by atoms with van der Waals surface area (Å²) in [5.74, 6) is -1.35. The normalized spacial score (nSPS) is 13.8. The third kappa shape index (κ3) is 2.99. The van der Waals surface area contributed by atoms with Crippen LogP contribution in [0.15, 0.2) is 0 Å². The van der Waals surface area contributed by atoms with Gasteiger partial charge in [0, 0.05) is 12.8 Å². The number of carbonyl (C=O) groups is 1. The minimum absolute atomic E-state index is 0.767. The highest BCUT2D eigenvalue weighted by Crippen LogP contribution is 2.48. The first kappa shape index (κ1) is 15.0. The second-order valence-electron chi connectivity index (χ2n) is 2.87. The Balaban J connectivity index is 4.92. The standard InChI is InChI=1S/C7H7F7O2/c1-16-4(15)2-3-5(8,6(9,10)11)7(12,13)14/h2-3H2,1H3. The monoisotopic (exact) mass is 256 g/mol. The van der Waals surface area contributed by atoms with Gasteiger partial charge in [-0.2, -0.15) is 26.3 Å². The van der Waals surface area contributed by atoms with Gasteiger partial charge < -0.3 is 4.74 Å². The van der Waals surface area contributed by atoms with E-state index in [1.165, 1.54) is 0 Å². The van der Waals surface area contributed by atoms with Crippen LogP contribution >= 0.6 is 0 Å². The number of hydrogen-bond acceptors (Lipinski definition) is 2. The first-order valence-corrected chi connectivity index (χ1v) is 3.85. The molecule has 0 saturated carbocycles. The van der Waals surface area contributed by atoms with E-state index < -0.39 is 36.8 Å². The fourth-order valence-electron chi connectivity index (χ4n) is 0.821. The van der Waals surface area contributed by atoms with E-state index >= 15 is 0 Å². The highest BCUT2D eigenvalue weighted by Gasteiger charge is 2.72. The Morgan fingerprint density at radius 3 is 1.62 bits per heavy atom. The Kier molecular flexibility index (Phi) is 4.18. The van der Waals surface area contributed by atoms with Crippen molar-refractivity contribution in [1.29, 1.82) is 0 Å². The summed E-state index contributed by atoms with van der Waals surface area (Å²) in [7, 11) is 0.767. The van der Waals surface area contributed by atoms with Crippen LogP contribution in [0.2, 0.25) is 0 Å². The number of carbonyl (C=O) groups excluding carboxylic acids is 1. The minimum atomic E-state index is -6.13. The molecule has 0 aromatic carbocycles. The molecule has 0 aromatic rings. The molecule has 0 amide bonds. The van der Waals surface area contributed by atoms with Crippen LogP contribution in [0.4, 0.5) is 30.7 Å². The van der Waals surface area contributed by atoms with Crippen LogP contribution in [-0.4, -0.2) is 31.1 Å². The molecular weight excluding hydrogens is 249 g/mol. The van der Waals surface area contributed by atoms with Gasteiger partial charge in [-0.1, -0.05) is 0 Å². The van der Waals surface area contributed by atoms with Crippen molar-refractivity contribution < 1.29 is 40.3 Å². The summed E-state index contributed by atoms with van der Waals surface area (Å²) in [6.07, 6.45) is -15.6. The lowest BCUT2D eigenvalue weighted by atomic mass is 9.98. The van der Waals surface area contributed by atoms with Crippen molar-refractivity contribution in [2.24, 2.45) is 0 Å². The van der Waals surface area contributed by atoms with E-state index in [0.29, 0.717) is 0 Å². The molecule has 0 N–H and O–H groups in total. The molecule has 0 aliphatic rings. The van der Waals surface area contributed by atoms with Gasteiger partial charge in [0.15, 0.2) is 0 Å². The minimum Gasteiger partial charge on any atom is -0.469 e. The van der Waals surface area contributed by atoms with E-state index in [1.807, 2.05) is 0 Å². The number of rotatable bonds is 3. The summed E-state index contributed by atoms with van der Waals surface area (Å²) in [6, 6.07) is 0. The van der Waals surface area contributed by atoms with Gasteiger partial charge >= 0.3 is 18.3 Å². The number of ether oxygens (including phenoxy) is 1. The average Bonchev–Trinajstić information content (AvgIpc) is 2.09. The second-order valence-corrected chi connectivity index (χ2v) is 2.87. The van der Waals surface area contributed by atoms with Crippen molar-refractivity contribution in [1.82, 2.24) is 0 Å². The first-order chi connectivity index (χ1) is 6.95. The molecule has 0 saturated heterocycles. The molecule has 0 spiro atoms. The summed E-state index contributed by atoms with van der Waals surface area (Å²) in [4.78, 5) is 10.4. The summed E-state index contributed by atoms with van der Waals surface area (Å²) in [5, 5.41) is 0. The molecule has 0 unspecified atom stereocenters. The Labute approximate surface area is 85.4 Å². The molecular formula is C7H7F7O2. The molecule has 2 nitrogen and oxygen atoms in total. The summed E-state index contributed by atoms with van der Waals surface area (Å²) in [6.45, 7) is 0. The molecule has 0 aliphatic heterocycles. The molecule has 0 rings (SSSR count). The number of hydrogen-bond donors (Lipinski definition) is 0. The Morgan fingerprint density at radius 1 is 1.00 bits per heavy atom. The molecule has 0 bridgehead atoms. The van der Waals surface area contributed by atoms with Gasteiger partial charge in [0.2, 0.25) is 0 Å². The predicted molar refractivity (Wildman–Crippen MR) is 37.2 cm³/mol. The van der Waals surface area contributed by atoms with Crippen LogP contribution in [0.5, 0.6) is 0 Å². The van der Waals surface area contributed by atoms with Gasteiger partial charge in [-0.25, -0.2) is 4.39 Å². The van der Waals surface area contributed by atoms with Gasteiger partial charge in [-0.05, 0) is 0 Å². The quantitative estimate of drug-likeness (QED) is 0.573. The SMILES string of the molecule is COC(=O)CCC(F)(C(F)(F)F)C(F)(F)F. The van der Waals surface area contributed by atoms with Crippen LogP contribution < -0.4 is 0 Å². The van der Waals surface area contributed by atoms with Crippen LogP contribution in [-0.2, 0) is 9.53 Å². The third-order valence-electron chi connectivity index (χ3n) is 1.80. The van der Waals surface area contributed by atoms with Gasteiger partial charge in [0.05, 0.1) is 7.11 Å². The molecule has 96 valence electrons. The predicted octanol–water partition coefficient (Wildman–Crippen LogP) is 2.77. The van der Waals surface area contributed by atoms with Crippen molar-refractivity contribution in [3.63, 3.8) is 0 Å². The average molecular weight is 256 g/mol. The van der Waals surface area contributed by atoms with Crippen LogP contribution in [0.3, 0.4) is 0 Å². The van der Waals surface area contributed by atoms with Gasteiger partial charge in [-0.3, -0.25) is 4.79 Å². The molecule has 0 aliphatic carbocycles. The fraction of sp³-hybridized carbons (Fsp3) is 0.857. The highest BCUT2D eigenvalue weighted by atomic mass is 19.4. The molecule has 16 heavy (non-hydrogen) atoms. The van der Waals surface area contributed by atoms with E-state index in [1.54, 1.807) is 0 Å². The van der Waals surface area contributed by atoms with E-state index in [9.17, 15) is 35.5 Å². The summed E-state index contributed by atoms with van der Waals surface area (Å²) < 4.78 is 88.1. The van der Waals surface area contributed by atoms with Crippen molar-refractivity contribution in [3.05, 3.63) is 0 Å². The number of esters is 1. The maximum absolute atomic E-state index is 12.8. The van der Waals surface area contributed by atoms with E-state index in [2.05, 4.69) is 4.74 Å². The Hall–Kier alpha value is -1.02. The zero-order valence-electron chi connectivity index (χ0n) is 7.88. The molecule has 0 aromatic heterocycles. The van der Waals surface area contributed by atoms with Crippen molar-refractivity contribution >= 4 is 5.97 Å². The van der Waals surface area contributed by atoms with Crippen molar-refractivity contribution in [3.8, 4) is 0 Å². The van der Waals surface area contributed by atoms with Crippen LogP contribution in [0.1, 0.15) is 12.8 Å². The maximum Gasteiger partial charge on any atom is 0.431 e. The van der Waals surface area contributed by atoms with Gasteiger partial charge in [-0.15, -0.1) is 0 Å². The van der Waals surface area contributed by atoms with E-state index in [-0.39, 0.29) is 0 Å². The first-order valence-electron chi connectivity index (χ1n) is 3.85. The van der Waals surface area contributed by atoms with Crippen LogP contribution in [0, 0.1) is 0 Å². The smallest absolute Gasteiger partial charge is 0.431 e. The maximum atomic E-state index is 12.8. The molecule has 0 fully saturated rings. The molecule has 0 atom stereocenters. The number of halogens is 7. The van der Waals surface area contributed by atoms with Gasteiger partial charge in [0.25, 0.3) is 5.67 Å². The lowest BCUT2D eigenvalue weighted by Crippen LogP contribution is -2.53. The third-order valence-corrected chi connectivity index (χ3v) is 1.80. The summed E-state index contributed by atoms with van der Waals surface area (Å²) >= 11 is 0. The Bertz CT molecular complexity index is 240. The molecule has 0 heterocycles. The molecule has 0 radical (unpaired) electrons. The fourth-order valence-corrected chi connectivity index (χ4v) is 0.821. The van der Waals surface area contributed by atoms with Crippen LogP contribution in [0.25, 0.3) is 0 Å². The lowest BCUT2D eigenvalue weighted by molar-refractivity contribution is -0.343.